The van der Waals surface area contributed by atoms with E-state index in [4.69, 9.17) is 4.74 Å². The van der Waals surface area contributed by atoms with Crippen LogP contribution in [0.25, 0.3) is 0 Å². The first-order chi connectivity index (χ1) is 11.6. The summed E-state index contributed by atoms with van der Waals surface area (Å²) in [6, 6.07) is 7.18. The third-order valence-electron chi connectivity index (χ3n) is 4.44. The Morgan fingerprint density at radius 2 is 2.08 bits per heavy atom. The van der Waals surface area contributed by atoms with Crippen LogP contribution in [0.2, 0.25) is 0 Å². The van der Waals surface area contributed by atoms with Crippen molar-refractivity contribution >= 4 is 11.9 Å². The predicted octanol–water partition coefficient (Wildman–Crippen LogP) is 1.87. The van der Waals surface area contributed by atoms with Crippen LogP contribution in [0.15, 0.2) is 35.5 Å². The summed E-state index contributed by atoms with van der Waals surface area (Å²) in [6.45, 7) is 6.34. The largest absolute Gasteiger partial charge is 0.382 e. The zero-order valence-corrected chi connectivity index (χ0v) is 14.1. The lowest BCUT2D eigenvalue weighted by Gasteiger charge is -2.26. The molecule has 2 aliphatic heterocycles. The van der Waals surface area contributed by atoms with Gasteiger partial charge in [0.2, 0.25) is 0 Å². The summed E-state index contributed by atoms with van der Waals surface area (Å²) >= 11 is 0. The number of amides is 3. The number of hydrogen-bond acceptors (Lipinski definition) is 3. The fourth-order valence-electron chi connectivity index (χ4n) is 3.25. The van der Waals surface area contributed by atoms with E-state index in [-0.39, 0.29) is 18.0 Å². The van der Waals surface area contributed by atoms with Gasteiger partial charge in [-0.3, -0.25) is 4.79 Å². The maximum absolute atomic E-state index is 12.8. The average Bonchev–Trinajstić information content (AvgIpc) is 2.87. The van der Waals surface area contributed by atoms with Crippen LogP contribution in [0.5, 0.6) is 0 Å². The van der Waals surface area contributed by atoms with Gasteiger partial charge in [-0.15, -0.1) is 0 Å². The van der Waals surface area contributed by atoms with Gasteiger partial charge in [-0.25, -0.2) is 4.79 Å². The van der Waals surface area contributed by atoms with E-state index in [1.54, 1.807) is 4.90 Å². The van der Waals surface area contributed by atoms with Gasteiger partial charge in [0.05, 0.1) is 23.9 Å². The Kier molecular flexibility index (Phi) is 4.85. The second-order valence-electron chi connectivity index (χ2n) is 6.06. The molecule has 0 aromatic heterocycles. The van der Waals surface area contributed by atoms with Gasteiger partial charge < -0.3 is 20.3 Å². The molecule has 0 saturated carbocycles. The van der Waals surface area contributed by atoms with Gasteiger partial charge in [-0.1, -0.05) is 24.3 Å². The number of hydrogen-bond donors (Lipinski definition) is 2. The standard InChI is InChI=1S/C18H23N3O3/c1-3-24-10-6-9-21-11-14-15(17(21)22)16(20-18(23)19-14)13-8-5-4-7-12(13)2/h4-5,7-8,16H,3,6,9-11H2,1-2H3,(H2,19,20,23). The van der Waals surface area contributed by atoms with Crippen molar-refractivity contribution in [1.29, 1.82) is 0 Å². The molecule has 6 heteroatoms. The molecule has 6 nitrogen and oxygen atoms in total. The number of aryl methyl sites for hydroxylation is 1. The molecule has 128 valence electrons. The lowest BCUT2D eigenvalue weighted by Crippen LogP contribution is -2.44. The molecule has 3 amide bonds. The third kappa shape index (κ3) is 3.14. The summed E-state index contributed by atoms with van der Waals surface area (Å²) in [4.78, 5) is 26.6. The van der Waals surface area contributed by atoms with Crippen molar-refractivity contribution in [3.63, 3.8) is 0 Å². The van der Waals surface area contributed by atoms with Crippen LogP contribution >= 0.6 is 0 Å². The minimum atomic E-state index is -0.389. The zero-order valence-electron chi connectivity index (χ0n) is 14.1. The number of carbonyl (C=O) groups is 2. The maximum atomic E-state index is 12.8. The van der Waals surface area contributed by atoms with Crippen LogP contribution in [0.3, 0.4) is 0 Å². The van der Waals surface area contributed by atoms with Gasteiger partial charge in [-0.05, 0) is 31.4 Å². The quantitative estimate of drug-likeness (QED) is 0.783. The highest BCUT2D eigenvalue weighted by Gasteiger charge is 2.40. The van der Waals surface area contributed by atoms with E-state index in [1.165, 1.54) is 0 Å². The van der Waals surface area contributed by atoms with Crippen LogP contribution in [-0.4, -0.2) is 43.1 Å². The lowest BCUT2D eigenvalue weighted by molar-refractivity contribution is -0.126. The molecular weight excluding hydrogens is 306 g/mol. The maximum Gasteiger partial charge on any atom is 0.319 e. The molecule has 0 saturated heterocycles. The van der Waals surface area contributed by atoms with E-state index < -0.39 is 0 Å². The molecule has 2 heterocycles. The van der Waals surface area contributed by atoms with Crippen LogP contribution < -0.4 is 10.6 Å². The first-order valence-electron chi connectivity index (χ1n) is 8.35. The molecule has 0 radical (unpaired) electrons. The number of benzene rings is 1. The van der Waals surface area contributed by atoms with Gasteiger partial charge in [0.15, 0.2) is 0 Å². The van der Waals surface area contributed by atoms with Crippen molar-refractivity contribution in [2.24, 2.45) is 0 Å². The number of nitrogens with zero attached hydrogens (tertiary/aromatic N) is 1. The molecule has 1 aromatic carbocycles. The number of urea groups is 1. The summed E-state index contributed by atoms with van der Waals surface area (Å²) in [5.74, 6) is -0.0118. The number of nitrogens with one attached hydrogen (secondary N) is 2. The van der Waals surface area contributed by atoms with Crippen molar-refractivity contribution in [2.75, 3.05) is 26.3 Å². The van der Waals surface area contributed by atoms with Gasteiger partial charge >= 0.3 is 6.03 Å². The Hall–Kier alpha value is -2.34. The molecule has 1 unspecified atom stereocenters. The van der Waals surface area contributed by atoms with Gasteiger partial charge in [0.25, 0.3) is 5.91 Å². The number of carbonyl (C=O) groups excluding carboxylic acids is 2. The third-order valence-corrected chi connectivity index (χ3v) is 4.44. The van der Waals surface area contributed by atoms with Gasteiger partial charge in [0.1, 0.15) is 0 Å². The Balaban J connectivity index is 1.80. The molecule has 0 fully saturated rings. The van der Waals surface area contributed by atoms with E-state index in [2.05, 4.69) is 10.6 Å². The van der Waals surface area contributed by atoms with Crippen LogP contribution in [0.1, 0.15) is 30.5 Å². The molecule has 1 aromatic rings. The van der Waals surface area contributed by atoms with E-state index >= 15 is 0 Å². The SMILES string of the molecule is CCOCCCN1CC2=C(C1=O)C(c1ccccc1C)NC(=O)N2. The summed E-state index contributed by atoms with van der Waals surface area (Å²) in [6.07, 6.45) is 0.788. The summed E-state index contributed by atoms with van der Waals surface area (Å²) in [5, 5.41) is 5.69. The Morgan fingerprint density at radius 1 is 1.29 bits per heavy atom. The highest BCUT2D eigenvalue weighted by Crippen LogP contribution is 2.33. The summed E-state index contributed by atoms with van der Waals surface area (Å²) in [5.41, 5.74) is 3.39. The molecule has 2 N–H and O–H groups in total. The van der Waals surface area contributed by atoms with Crippen LogP contribution in [0.4, 0.5) is 4.79 Å². The van der Waals surface area contributed by atoms with E-state index in [9.17, 15) is 9.59 Å². The minimum absolute atomic E-state index is 0.0118. The molecule has 24 heavy (non-hydrogen) atoms. The molecule has 2 aliphatic rings. The fraction of sp³-hybridized carbons (Fsp3) is 0.444. The molecule has 3 rings (SSSR count). The monoisotopic (exact) mass is 329 g/mol. The van der Waals surface area contributed by atoms with Crippen molar-refractivity contribution in [3.05, 3.63) is 46.7 Å². The Bertz CT molecular complexity index is 684. The van der Waals surface area contributed by atoms with Crippen molar-refractivity contribution < 1.29 is 14.3 Å². The Labute approximate surface area is 141 Å². The second kappa shape index (κ2) is 7.05. The summed E-state index contributed by atoms with van der Waals surface area (Å²) in [7, 11) is 0. The van der Waals surface area contributed by atoms with Crippen LogP contribution in [0, 0.1) is 6.92 Å². The summed E-state index contributed by atoms with van der Waals surface area (Å²) < 4.78 is 5.34. The highest BCUT2D eigenvalue weighted by atomic mass is 16.5. The van der Waals surface area contributed by atoms with Gasteiger partial charge in [0, 0.05) is 19.8 Å². The number of ether oxygens (including phenoxy) is 1. The topological polar surface area (TPSA) is 70.7 Å². The smallest absolute Gasteiger partial charge is 0.319 e. The Morgan fingerprint density at radius 3 is 2.83 bits per heavy atom. The lowest BCUT2D eigenvalue weighted by atomic mass is 9.93. The van der Waals surface area contributed by atoms with Crippen molar-refractivity contribution in [2.45, 2.75) is 26.3 Å². The van der Waals surface area contributed by atoms with Crippen LogP contribution in [-0.2, 0) is 9.53 Å². The molecule has 0 aliphatic carbocycles. The molecule has 0 spiro atoms. The highest BCUT2D eigenvalue weighted by molar-refractivity contribution is 6.01. The molecule has 0 bridgehead atoms. The van der Waals surface area contributed by atoms with Crippen molar-refractivity contribution in [3.8, 4) is 0 Å². The van der Waals surface area contributed by atoms with E-state index in [0.717, 1.165) is 17.5 Å². The number of rotatable bonds is 6. The normalized spacial score (nSPS) is 20.1. The first kappa shape index (κ1) is 16.5. The predicted molar refractivity (Wildman–Crippen MR) is 90.3 cm³/mol. The molecular formula is C18H23N3O3. The average molecular weight is 329 g/mol. The first-order valence-corrected chi connectivity index (χ1v) is 8.35. The van der Waals surface area contributed by atoms with Gasteiger partial charge in [-0.2, -0.15) is 0 Å². The molecule has 1 atom stereocenters. The van der Waals surface area contributed by atoms with E-state index in [0.29, 0.717) is 37.6 Å². The fourth-order valence-corrected chi connectivity index (χ4v) is 3.25. The second-order valence-corrected chi connectivity index (χ2v) is 6.06. The van der Waals surface area contributed by atoms with Crippen molar-refractivity contribution in [1.82, 2.24) is 15.5 Å². The zero-order chi connectivity index (χ0) is 17.1. The minimum Gasteiger partial charge on any atom is -0.382 e. The van der Waals surface area contributed by atoms with E-state index in [1.807, 2.05) is 38.1 Å².